The fraction of sp³-hybridized carbons (Fsp3) is 0.217. The number of nitrogens with zero attached hydrogens (tertiary/aromatic N) is 1. The van der Waals surface area contributed by atoms with E-state index >= 15 is 0 Å². The summed E-state index contributed by atoms with van der Waals surface area (Å²) in [6, 6.07) is 12.0. The van der Waals surface area contributed by atoms with Crippen LogP contribution in [-0.4, -0.2) is 37.0 Å². The molecule has 3 aromatic rings. The standard InChI is InChI=1S/C23H22N2O5/c1-13-18-7-5-6-8-20(18)24-14(2)19(13)12-21(26)25-17-10-15(22(27)29-3)9-16(11-17)23(28)30-4/h5-11H,12H2,1-4H3,(H,25,26). The number of carbonyl (C=O) groups is 3. The second-order valence-corrected chi connectivity index (χ2v) is 6.83. The molecule has 0 aliphatic carbocycles. The summed E-state index contributed by atoms with van der Waals surface area (Å²) < 4.78 is 9.44. The Bertz CT molecular complexity index is 1120. The van der Waals surface area contributed by atoms with Crippen molar-refractivity contribution in [2.24, 2.45) is 0 Å². The number of amides is 1. The SMILES string of the molecule is COC(=O)c1cc(NC(=O)Cc2c(C)nc3ccccc3c2C)cc(C(=O)OC)c1. The lowest BCUT2D eigenvalue weighted by molar-refractivity contribution is -0.115. The maximum Gasteiger partial charge on any atom is 0.337 e. The lowest BCUT2D eigenvalue weighted by Gasteiger charge is -2.13. The molecule has 0 unspecified atom stereocenters. The first-order valence-corrected chi connectivity index (χ1v) is 9.30. The smallest absolute Gasteiger partial charge is 0.337 e. The first kappa shape index (κ1) is 21.0. The number of nitrogens with one attached hydrogen (secondary N) is 1. The number of fused-ring (bicyclic) bond motifs is 1. The topological polar surface area (TPSA) is 94.6 Å². The minimum atomic E-state index is -0.623. The Morgan fingerprint density at radius 3 is 2.13 bits per heavy atom. The molecule has 30 heavy (non-hydrogen) atoms. The summed E-state index contributed by atoms with van der Waals surface area (Å²) in [5, 5.41) is 3.74. The molecule has 0 atom stereocenters. The van der Waals surface area contributed by atoms with E-state index in [-0.39, 0.29) is 23.5 Å². The highest BCUT2D eigenvalue weighted by Gasteiger charge is 2.17. The minimum absolute atomic E-state index is 0.103. The Morgan fingerprint density at radius 2 is 1.53 bits per heavy atom. The van der Waals surface area contributed by atoms with Gasteiger partial charge in [-0.05, 0) is 49.2 Å². The van der Waals surface area contributed by atoms with Gasteiger partial charge in [0.15, 0.2) is 0 Å². The Kier molecular flexibility index (Phi) is 6.11. The highest BCUT2D eigenvalue weighted by Crippen LogP contribution is 2.24. The first-order chi connectivity index (χ1) is 14.3. The number of aryl methyl sites for hydroxylation is 2. The predicted octanol–water partition coefficient (Wildman–Crippen LogP) is 3.61. The molecule has 1 heterocycles. The number of para-hydroxylation sites is 1. The van der Waals surface area contributed by atoms with Gasteiger partial charge in [0.05, 0.1) is 37.3 Å². The first-order valence-electron chi connectivity index (χ1n) is 9.30. The van der Waals surface area contributed by atoms with Gasteiger partial charge in [-0.15, -0.1) is 0 Å². The molecule has 0 radical (unpaired) electrons. The van der Waals surface area contributed by atoms with Crippen molar-refractivity contribution in [2.75, 3.05) is 19.5 Å². The number of rotatable bonds is 5. The van der Waals surface area contributed by atoms with Gasteiger partial charge in [-0.25, -0.2) is 9.59 Å². The third-order valence-electron chi connectivity index (χ3n) is 4.88. The van der Waals surface area contributed by atoms with Crippen LogP contribution >= 0.6 is 0 Å². The van der Waals surface area contributed by atoms with E-state index in [1.165, 1.54) is 32.4 Å². The van der Waals surface area contributed by atoms with Gasteiger partial charge in [-0.2, -0.15) is 0 Å². The molecule has 0 aliphatic heterocycles. The van der Waals surface area contributed by atoms with Gasteiger partial charge >= 0.3 is 11.9 Å². The van der Waals surface area contributed by atoms with Gasteiger partial charge in [0, 0.05) is 16.8 Å². The van der Waals surface area contributed by atoms with Gasteiger partial charge in [0.1, 0.15) is 0 Å². The molecule has 2 aromatic carbocycles. The van der Waals surface area contributed by atoms with Crippen molar-refractivity contribution in [1.82, 2.24) is 4.98 Å². The van der Waals surface area contributed by atoms with Crippen molar-refractivity contribution in [3.8, 4) is 0 Å². The molecule has 1 aromatic heterocycles. The molecule has 3 rings (SSSR count). The van der Waals surface area contributed by atoms with E-state index in [2.05, 4.69) is 10.3 Å². The van der Waals surface area contributed by atoms with Crippen LogP contribution in [0.4, 0.5) is 5.69 Å². The van der Waals surface area contributed by atoms with Crippen LogP contribution in [0.2, 0.25) is 0 Å². The number of hydrogen-bond acceptors (Lipinski definition) is 6. The third kappa shape index (κ3) is 4.30. The number of hydrogen-bond donors (Lipinski definition) is 1. The number of methoxy groups -OCH3 is 2. The zero-order valence-electron chi connectivity index (χ0n) is 17.2. The zero-order chi connectivity index (χ0) is 21.8. The predicted molar refractivity (Wildman–Crippen MR) is 113 cm³/mol. The molecule has 1 amide bonds. The van der Waals surface area contributed by atoms with E-state index < -0.39 is 11.9 Å². The highest BCUT2D eigenvalue weighted by molar-refractivity contribution is 6.00. The lowest BCUT2D eigenvalue weighted by atomic mass is 9.99. The normalized spacial score (nSPS) is 10.5. The van der Waals surface area contributed by atoms with E-state index in [9.17, 15) is 14.4 Å². The Labute approximate surface area is 174 Å². The molecule has 0 aliphatic rings. The Morgan fingerprint density at radius 1 is 0.933 bits per heavy atom. The van der Waals surface area contributed by atoms with Gasteiger partial charge in [0.25, 0.3) is 0 Å². The number of benzene rings is 2. The summed E-state index contributed by atoms with van der Waals surface area (Å²) in [4.78, 5) is 41.2. The van der Waals surface area contributed by atoms with Gasteiger partial charge in [0.2, 0.25) is 5.91 Å². The van der Waals surface area contributed by atoms with Crippen molar-refractivity contribution in [3.63, 3.8) is 0 Å². The van der Waals surface area contributed by atoms with Crippen LogP contribution in [0.15, 0.2) is 42.5 Å². The maximum absolute atomic E-state index is 12.8. The van der Waals surface area contributed by atoms with Crippen LogP contribution in [0.25, 0.3) is 10.9 Å². The average molecular weight is 406 g/mol. The highest BCUT2D eigenvalue weighted by atomic mass is 16.5. The number of anilines is 1. The van der Waals surface area contributed by atoms with Crippen LogP contribution in [-0.2, 0) is 20.7 Å². The molecule has 7 heteroatoms. The molecule has 154 valence electrons. The summed E-state index contributed by atoms with van der Waals surface area (Å²) in [7, 11) is 2.48. The number of pyridine rings is 1. The molecule has 1 N–H and O–H groups in total. The van der Waals surface area contributed by atoms with Crippen LogP contribution in [0, 0.1) is 13.8 Å². The molecular weight excluding hydrogens is 384 g/mol. The number of carbonyl (C=O) groups excluding carboxylic acids is 3. The van der Waals surface area contributed by atoms with Crippen LogP contribution in [0.5, 0.6) is 0 Å². The van der Waals surface area contributed by atoms with Crippen molar-refractivity contribution >= 4 is 34.4 Å². The molecule has 0 saturated carbocycles. The maximum atomic E-state index is 12.8. The molecule has 0 spiro atoms. The summed E-state index contributed by atoms with van der Waals surface area (Å²) in [6.07, 6.45) is 0.103. The van der Waals surface area contributed by atoms with E-state index in [0.29, 0.717) is 5.69 Å². The molecule has 0 saturated heterocycles. The largest absolute Gasteiger partial charge is 0.465 e. The second kappa shape index (κ2) is 8.73. The number of aromatic nitrogens is 1. The van der Waals surface area contributed by atoms with Crippen molar-refractivity contribution in [3.05, 3.63) is 70.4 Å². The zero-order valence-corrected chi connectivity index (χ0v) is 17.2. The molecule has 7 nitrogen and oxygen atoms in total. The summed E-state index contributed by atoms with van der Waals surface area (Å²) >= 11 is 0. The molecular formula is C23H22N2O5. The van der Waals surface area contributed by atoms with Crippen molar-refractivity contribution in [2.45, 2.75) is 20.3 Å². The Balaban J connectivity index is 1.90. The van der Waals surface area contributed by atoms with Gasteiger partial charge in [-0.1, -0.05) is 18.2 Å². The fourth-order valence-electron chi connectivity index (χ4n) is 3.37. The summed E-state index contributed by atoms with van der Waals surface area (Å²) in [6.45, 7) is 3.84. The third-order valence-corrected chi connectivity index (χ3v) is 4.88. The second-order valence-electron chi connectivity index (χ2n) is 6.83. The van der Waals surface area contributed by atoms with E-state index in [1.807, 2.05) is 38.1 Å². The number of esters is 2. The molecule has 0 fully saturated rings. The lowest BCUT2D eigenvalue weighted by Crippen LogP contribution is -2.17. The van der Waals surface area contributed by atoms with Crippen molar-refractivity contribution < 1.29 is 23.9 Å². The van der Waals surface area contributed by atoms with Crippen LogP contribution in [0.3, 0.4) is 0 Å². The fourth-order valence-corrected chi connectivity index (χ4v) is 3.37. The van der Waals surface area contributed by atoms with Gasteiger partial charge < -0.3 is 14.8 Å². The molecule has 0 bridgehead atoms. The quantitative estimate of drug-likeness (QED) is 0.651. The minimum Gasteiger partial charge on any atom is -0.465 e. The number of ether oxygens (including phenoxy) is 2. The monoisotopic (exact) mass is 406 g/mol. The summed E-state index contributed by atoms with van der Waals surface area (Å²) in [5.41, 5.74) is 4.05. The van der Waals surface area contributed by atoms with E-state index in [4.69, 9.17) is 9.47 Å². The van der Waals surface area contributed by atoms with E-state index in [1.54, 1.807) is 0 Å². The van der Waals surface area contributed by atoms with E-state index in [0.717, 1.165) is 27.7 Å². The van der Waals surface area contributed by atoms with Crippen molar-refractivity contribution in [1.29, 1.82) is 0 Å². The van der Waals surface area contributed by atoms with Crippen LogP contribution < -0.4 is 5.32 Å². The van der Waals surface area contributed by atoms with Gasteiger partial charge in [-0.3, -0.25) is 9.78 Å². The summed E-state index contributed by atoms with van der Waals surface area (Å²) in [5.74, 6) is -1.54. The van der Waals surface area contributed by atoms with Crippen LogP contribution in [0.1, 0.15) is 37.5 Å². The average Bonchev–Trinajstić information content (AvgIpc) is 2.75. The Hall–Kier alpha value is -3.74.